The second-order valence-electron chi connectivity index (χ2n) is 5.72. The summed E-state index contributed by atoms with van der Waals surface area (Å²) in [5.41, 5.74) is 0.905. The third-order valence-corrected chi connectivity index (χ3v) is 5.25. The fraction of sp³-hybridized carbons (Fsp3) is 0.0588. The first-order valence-corrected chi connectivity index (χ1v) is 9.61. The van der Waals surface area contributed by atoms with Crippen LogP contribution in [-0.4, -0.2) is 33.3 Å². The van der Waals surface area contributed by atoms with Gasteiger partial charge in [-0.05, 0) is 36.4 Å². The van der Waals surface area contributed by atoms with Gasteiger partial charge in [-0.3, -0.25) is 4.79 Å². The van der Waals surface area contributed by atoms with Crippen LogP contribution in [0.1, 0.15) is 5.89 Å². The van der Waals surface area contributed by atoms with Gasteiger partial charge in [0.1, 0.15) is 0 Å². The smallest absolute Gasteiger partial charge is 0.248 e. The fourth-order valence-corrected chi connectivity index (χ4v) is 3.44. The quantitative estimate of drug-likeness (QED) is 0.496. The Labute approximate surface area is 158 Å². The first-order chi connectivity index (χ1) is 13.5. The van der Waals surface area contributed by atoms with Crippen LogP contribution in [0.5, 0.6) is 0 Å². The molecule has 0 radical (unpaired) electrons. The number of sulfonamides is 1. The summed E-state index contributed by atoms with van der Waals surface area (Å²) in [6.45, 7) is -0.181. The van der Waals surface area contributed by atoms with Gasteiger partial charge in [0.2, 0.25) is 27.3 Å². The van der Waals surface area contributed by atoms with Gasteiger partial charge in [-0.25, -0.2) is 17.8 Å². The Kier molecular flexibility index (Phi) is 4.59. The maximum atomic E-state index is 12.5. The number of benzene rings is 1. The predicted molar refractivity (Wildman–Crippen MR) is 97.9 cm³/mol. The van der Waals surface area contributed by atoms with Crippen LogP contribution in [-0.2, 0) is 16.6 Å². The summed E-state index contributed by atoms with van der Waals surface area (Å²) in [5, 5.41) is 7.85. The van der Waals surface area contributed by atoms with E-state index in [1.54, 1.807) is 41.3 Å². The molecule has 0 amide bonds. The van der Waals surface area contributed by atoms with Gasteiger partial charge in [-0.15, -0.1) is 0 Å². The van der Waals surface area contributed by atoms with Crippen molar-refractivity contribution in [3.05, 3.63) is 77.3 Å². The van der Waals surface area contributed by atoms with E-state index in [1.165, 1.54) is 24.4 Å². The van der Waals surface area contributed by atoms with Gasteiger partial charge < -0.3 is 9.51 Å². The van der Waals surface area contributed by atoms with E-state index in [-0.39, 0.29) is 28.7 Å². The lowest BCUT2D eigenvalue weighted by molar-refractivity contribution is 0.376. The summed E-state index contributed by atoms with van der Waals surface area (Å²) in [6, 6.07) is 11.0. The van der Waals surface area contributed by atoms with Gasteiger partial charge in [0.05, 0.1) is 17.1 Å². The molecule has 3 aromatic heterocycles. The highest BCUT2D eigenvalue weighted by atomic mass is 32.2. The molecular weight excluding hydrogens is 384 g/mol. The van der Waals surface area contributed by atoms with Crippen molar-refractivity contribution >= 4 is 10.0 Å². The fourth-order valence-electron chi connectivity index (χ4n) is 2.47. The molecule has 0 saturated carbocycles. The van der Waals surface area contributed by atoms with Gasteiger partial charge in [-0.1, -0.05) is 5.16 Å². The molecular formula is C17H14N6O4S. The maximum Gasteiger partial charge on any atom is 0.248 e. The predicted octanol–water partition coefficient (Wildman–Crippen LogP) is 1.09. The van der Waals surface area contributed by atoms with E-state index >= 15 is 0 Å². The topological polar surface area (TPSA) is 136 Å². The van der Waals surface area contributed by atoms with Crippen LogP contribution in [0.15, 0.2) is 75.3 Å². The molecule has 0 spiro atoms. The van der Waals surface area contributed by atoms with Crippen LogP contribution in [0, 0.1) is 0 Å². The first-order valence-electron chi connectivity index (χ1n) is 8.13. The van der Waals surface area contributed by atoms with Crippen molar-refractivity contribution in [3.63, 3.8) is 0 Å². The molecule has 0 aliphatic heterocycles. The van der Waals surface area contributed by atoms with Crippen LogP contribution in [0.3, 0.4) is 0 Å². The Balaban J connectivity index is 1.46. The summed E-state index contributed by atoms with van der Waals surface area (Å²) in [7, 11) is -3.77. The molecule has 0 fully saturated rings. The standard InChI is InChI=1S/C17H14N6O4S/c24-15-10-12(6-8-18-15)17-21-16(27-22-17)11-20-28(25,26)14-4-2-13(3-5-14)23-9-1-7-19-23/h1-10,20H,11H2,(H,18,24). The summed E-state index contributed by atoms with van der Waals surface area (Å²) in [4.78, 5) is 18.0. The third-order valence-electron chi connectivity index (χ3n) is 3.83. The molecule has 4 rings (SSSR count). The van der Waals surface area contributed by atoms with Gasteiger partial charge >= 0.3 is 0 Å². The van der Waals surface area contributed by atoms with Crippen molar-refractivity contribution in [3.8, 4) is 17.1 Å². The molecule has 2 N–H and O–H groups in total. The van der Waals surface area contributed by atoms with Crippen molar-refractivity contribution < 1.29 is 12.9 Å². The van der Waals surface area contributed by atoms with Gasteiger partial charge in [0.25, 0.3) is 0 Å². The van der Waals surface area contributed by atoms with E-state index in [4.69, 9.17) is 4.52 Å². The number of rotatable bonds is 6. The molecule has 4 aromatic rings. The monoisotopic (exact) mass is 398 g/mol. The molecule has 11 heteroatoms. The second kappa shape index (κ2) is 7.21. The average molecular weight is 398 g/mol. The molecule has 0 atom stereocenters. The number of aromatic amines is 1. The lowest BCUT2D eigenvalue weighted by Gasteiger charge is -2.06. The van der Waals surface area contributed by atoms with Crippen LogP contribution in [0.4, 0.5) is 0 Å². The van der Waals surface area contributed by atoms with E-state index in [2.05, 4.69) is 24.9 Å². The highest BCUT2D eigenvalue weighted by Gasteiger charge is 2.16. The number of aromatic nitrogens is 5. The van der Waals surface area contributed by atoms with E-state index in [9.17, 15) is 13.2 Å². The lowest BCUT2D eigenvalue weighted by atomic mass is 10.2. The Morgan fingerprint density at radius 2 is 2.00 bits per heavy atom. The minimum absolute atomic E-state index is 0.0759. The molecule has 28 heavy (non-hydrogen) atoms. The molecule has 1 aromatic carbocycles. The summed E-state index contributed by atoms with van der Waals surface area (Å²) in [6.07, 6.45) is 4.86. The largest absolute Gasteiger partial charge is 0.338 e. The Morgan fingerprint density at radius 1 is 1.18 bits per heavy atom. The number of nitrogens with zero attached hydrogens (tertiary/aromatic N) is 4. The van der Waals surface area contributed by atoms with Crippen molar-refractivity contribution in [2.45, 2.75) is 11.4 Å². The van der Waals surface area contributed by atoms with Crippen LogP contribution in [0.25, 0.3) is 17.1 Å². The zero-order valence-corrected chi connectivity index (χ0v) is 15.1. The SMILES string of the molecule is O=c1cc(-c2noc(CNS(=O)(=O)c3ccc(-n4cccn4)cc3)n2)cc[nH]1. The molecule has 0 aliphatic carbocycles. The van der Waals surface area contributed by atoms with Gasteiger partial charge in [-0.2, -0.15) is 10.1 Å². The minimum atomic E-state index is -3.77. The maximum absolute atomic E-state index is 12.5. The summed E-state index contributed by atoms with van der Waals surface area (Å²) >= 11 is 0. The molecule has 3 heterocycles. The molecule has 0 aliphatic rings. The lowest BCUT2D eigenvalue weighted by Crippen LogP contribution is -2.23. The zero-order chi connectivity index (χ0) is 19.6. The number of H-pyrrole nitrogens is 1. The molecule has 0 saturated heterocycles. The van der Waals surface area contributed by atoms with Crippen molar-refractivity contribution in [1.82, 2.24) is 29.6 Å². The van der Waals surface area contributed by atoms with E-state index in [0.717, 1.165) is 5.69 Å². The Hall–Kier alpha value is -3.57. The summed E-state index contributed by atoms with van der Waals surface area (Å²) in [5.74, 6) is 0.274. The minimum Gasteiger partial charge on any atom is -0.338 e. The summed E-state index contributed by atoms with van der Waals surface area (Å²) < 4.78 is 34.0. The van der Waals surface area contributed by atoms with E-state index in [0.29, 0.717) is 5.56 Å². The number of pyridine rings is 1. The number of nitrogens with one attached hydrogen (secondary N) is 2. The molecule has 10 nitrogen and oxygen atoms in total. The normalized spacial score (nSPS) is 11.6. The van der Waals surface area contributed by atoms with Gasteiger partial charge in [0.15, 0.2) is 0 Å². The van der Waals surface area contributed by atoms with Gasteiger partial charge in [0, 0.05) is 30.2 Å². The highest BCUT2D eigenvalue weighted by molar-refractivity contribution is 7.89. The van der Waals surface area contributed by atoms with Crippen LogP contribution < -0.4 is 10.3 Å². The van der Waals surface area contributed by atoms with Crippen molar-refractivity contribution in [2.75, 3.05) is 0 Å². The first kappa shape index (κ1) is 17.8. The third kappa shape index (κ3) is 3.75. The number of hydrogen-bond acceptors (Lipinski definition) is 7. The zero-order valence-electron chi connectivity index (χ0n) is 14.3. The highest BCUT2D eigenvalue weighted by Crippen LogP contribution is 2.15. The molecule has 142 valence electrons. The molecule has 0 unspecified atom stereocenters. The number of hydrogen-bond donors (Lipinski definition) is 2. The average Bonchev–Trinajstić information content (AvgIpc) is 3.39. The molecule has 0 bridgehead atoms. The van der Waals surface area contributed by atoms with E-state index < -0.39 is 10.0 Å². The van der Waals surface area contributed by atoms with Crippen molar-refractivity contribution in [2.24, 2.45) is 0 Å². The van der Waals surface area contributed by atoms with Crippen molar-refractivity contribution in [1.29, 1.82) is 0 Å². The van der Waals surface area contributed by atoms with Crippen LogP contribution in [0.2, 0.25) is 0 Å². The van der Waals surface area contributed by atoms with E-state index in [1.807, 2.05) is 0 Å². The Bertz CT molecular complexity index is 1240. The Morgan fingerprint density at radius 3 is 2.71 bits per heavy atom. The second-order valence-corrected chi connectivity index (χ2v) is 7.49. The van der Waals surface area contributed by atoms with Crippen LogP contribution >= 0.6 is 0 Å².